The van der Waals surface area contributed by atoms with Crippen LogP contribution in [0.3, 0.4) is 0 Å². The Hall–Kier alpha value is -1.92. The van der Waals surface area contributed by atoms with Crippen LogP contribution in [0.4, 0.5) is 0 Å². The van der Waals surface area contributed by atoms with E-state index in [-0.39, 0.29) is 11.9 Å². The van der Waals surface area contributed by atoms with Gasteiger partial charge in [0.05, 0.1) is 12.0 Å². The second-order valence-electron chi connectivity index (χ2n) is 6.51. The monoisotopic (exact) mass is 377 g/mol. The molecule has 1 aliphatic rings. The zero-order chi connectivity index (χ0) is 19.0. The fourth-order valence-electron chi connectivity index (χ4n) is 2.96. The number of hydrogen-bond acceptors (Lipinski definition) is 4. The molecule has 0 amide bonds. The lowest BCUT2D eigenvalue weighted by Gasteiger charge is -2.15. The molecule has 1 atom stereocenters. The minimum atomic E-state index is -3.48. The molecule has 0 fully saturated rings. The molecule has 142 valence electrons. The number of carbonyl (C=O) groups is 1. The summed E-state index contributed by atoms with van der Waals surface area (Å²) in [5.74, 6) is 0.0126. The van der Waals surface area contributed by atoms with E-state index in [1.165, 1.54) is 12.7 Å². The maximum absolute atomic E-state index is 12.4. The van der Waals surface area contributed by atoms with Crippen LogP contribution in [-0.4, -0.2) is 28.0 Å². The number of esters is 1. The molecule has 1 aromatic rings. The van der Waals surface area contributed by atoms with E-state index in [0.29, 0.717) is 24.3 Å². The molecule has 26 heavy (non-hydrogen) atoms. The van der Waals surface area contributed by atoms with Crippen molar-refractivity contribution in [3.05, 3.63) is 53.6 Å². The Morgan fingerprint density at radius 2 is 2.00 bits per heavy atom. The number of carbonyl (C=O) groups excluding carboxylic acids is 1. The van der Waals surface area contributed by atoms with E-state index in [0.717, 1.165) is 24.8 Å². The highest BCUT2D eigenvalue weighted by Gasteiger charge is 2.21. The van der Waals surface area contributed by atoms with Crippen LogP contribution in [0.15, 0.2) is 53.0 Å². The highest BCUT2D eigenvalue weighted by molar-refractivity contribution is 7.89. The van der Waals surface area contributed by atoms with Crippen molar-refractivity contribution in [3.8, 4) is 0 Å². The van der Waals surface area contributed by atoms with Crippen molar-refractivity contribution >= 4 is 16.0 Å². The van der Waals surface area contributed by atoms with E-state index in [4.69, 9.17) is 0 Å². The molecular formula is C20H27NO4S. The summed E-state index contributed by atoms with van der Waals surface area (Å²) in [5.41, 5.74) is 2.29. The van der Waals surface area contributed by atoms with Gasteiger partial charge in [-0.15, -0.1) is 0 Å². The predicted octanol–water partition coefficient (Wildman–Crippen LogP) is 3.51. The number of sulfonamides is 1. The topological polar surface area (TPSA) is 72.5 Å². The van der Waals surface area contributed by atoms with Gasteiger partial charge in [0.25, 0.3) is 0 Å². The van der Waals surface area contributed by atoms with Crippen molar-refractivity contribution in [1.82, 2.24) is 4.72 Å². The lowest BCUT2D eigenvalue weighted by atomic mass is 9.99. The zero-order valence-electron chi connectivity index (χ0n) is 15.4. The first-order chi connectivity index (χ1) is 12.4. The molecule has 6 heteroatoms. The Balaban J connectivity index is 1.83. The third-order valence-electron chi connectivity index (χ3n) is 4.56. The second-order valence-corrected chi connectivity index (χ2v) is 8.28. The third kappa shape index (κ3) is 6.11. The summed E-state index contributed by atoms with van der Waals surface area (Å²) >= 11 is 0. The van der Waals surface area contributed by atoms with Crippen LogP contribution in [-0.2, 0) is 19.6 Å². The maximum Gasteiger partial charge on any atom is 0.305 e. The average Bonchev–Trinajstić information content (AvgIpc) is 3.07. The summed E-state index contributed by atoms with van der Waals surface area (Å²) in [6.07, 6.45) is 9.97. The van der Waals surface area contributed by atoms with Gasteiger partial charge in [0.1, 0.15) is 0 Å². The number of allylic oxidation sites excluding steroid dienone is 3. The number of ether oxygens (including phenoxy) is 1. The van der Waals surface area contributed by atoms with Gasteiger partial charge in [-0.25, -0.2) is 13.1 Å². The number of nitrogens with one attached hydrogen (secondary N) is 1. The summed E-state index contributed by atoms with van der Waals surface area (Å²) in [6, 6.07) is 6.86. The van der Waals surface area contributed by atoms with Crippen molar-refractivity contribution in [1.29, 1.82) is 0 Å². The fourth-order valence-corrected chi connectivity index (χ4v) is 4.04. The molecule has 2 rings (SSSR count). The van der Waals surface area contributed by atoms with Crippen molar-refractivity contribution in [2.45, 2.75) is 43.9 Å². The molecule has 0 radical (unpaired) electrons. The van der Waals surface area contributed by atoms with Crippen LogP contribution < -0.4 is 4.72 Å². The Labute approximate surface area is 156 Å². The van der Waals surface area contributed by atoms with E-state index < -0.39 is 10.0 Å². The third-order valence-corrected chi connectivity index (χ3v) is 6.00. The zero-order valence-corrected chi connectivity index (χ0v) is 16.2. The molecule has 0 bridgehead atoms. The number of benzene rings is 1. The highest BCUT2D eigenvalue weighted by atomic mass is 32.2. The molecule has 0 spiro atoms. The van der Waals surface area contributed by atoms with Crippen LogP contribution in [0.25, 0.3) is 0 Å². The summed E-state index contributed by atoms with van der Waals surface area (Å²) < 4.78 is 32.2. The summed E-state index contributed by atoms with van der Waals surface area (Å²) in [5, 5.41) is 0. The van der Waals surface area contributed by atoms with Gasteiger partial charge in [-0.2, -0.15) is 0 Å². The van der Waals surface area contributed by atoms with Crippen LogP contribution in [0.5, 0.6) is 0 Å². The molecule has 0 saturated carbocycles. The molecule has 1 aliphatic carbocycles. The normalized spacial score (nSPS) is 17.5. The molecule has 0 heterocycles. The first kappa shape index (κ1) is 20.4. The van der Waals surface area contributed by atoms with Gasteiger partial charge in [0.15, 0.2) is 0 Å². The number of hydrogen-bond donors (Lipinski definition) is 1. The highest BCUT2D eigenvalue weighted by Crippen LogP contribution is 2.28. The van der Waals surface area contributed by atoms with E-state index in [1.54, 1.807) is 24.3 Å². The van der Waals surface area contributed by atoms with Gasteiger partial charge in [-0.1, -0.05) is 41.5 Å². The fraction of sp³-hybridized carbons (Fsp3) is 0.450. The van der Waals surface area contributed by atoms with Crippen molar-refractivity contribution in [3.63, 3.8) is 0 Å². The number of aryl methyl sites for hydroxylation is 1. The van der Waals surface area contributed by atoms with Crippen molar-refractivity contribution in [2.75, 3.05) is 13.7 Å². The molecule has 0 aromatic heterocycles. The molecule has 0 saturated heterocycles. The molecule has 5 nitrogen and oxygen atoms in total. The van der Waals surface area contributed by atoms with E-state index in [1.807, 2.05) is 19.1 Å². The predicted molar refractivity (Wildman–Crippen MR) is 102 cm³/mol. The quantitative estimate of drug-likeness (QED) is 0.528. The van der Waals surface area contributed by atoms with Crippen LogP contribution in [0, 0.1) is 12.8 Å². The molecular weight excluding hydrogens is 350 g/mol. The Kier molecular flexibility index (Phi) is 7.60. The molecule has 0 unspecified atom stereocenters. The molecule has 1 N–H and O–H groups in total. The van der Waals surface area contributed by atoms with Crippen LogP contribution >= 0.6 is 0 Å². The van der Waals surface area contributed by atoms with Gasteiger partial charge >= 0.3 is 5.97 Å². The summed E-state index contributed by atoms with van der Waals surface area (Å²) in [4.78, 5) is 11.4. The van der Waals surface area contributed by atoms with Crippen molar-refractivity contribution in [2.24, 2.45) is 5.92 Å². The minimum Gasteiger partial charge on any atom is -0.469 e. The Morgan fingerprint density at radius 1 is 1.27 bits per heavy atom. The van der Waals surface area contributed by atoms with Crippen LogP contribution in [0.1, 0.15) is 37.7 Å². The first-order valence-corrected chi connectivity index (χ1v) is 10.4. The Bertz CT molecular complexity index is 764. The van der Waals surface area contributed by atoms with Crippen molar-refractivity contribution < 1.29 is 17.9 Å². The van der Waals surface area contributed by atoms with Gasteiger partial charge < -0.3 is 4.74 Å². The maximum atomic E-state index is 12.4. The smallest absolute Gasteiger partial charge is 0.305 e. The van der Waals surface area contributed by atoms with E-state index in [9.17, 15) is 13.2 Å². The largest absolute Gasteiger partial charge is 0.469 e. The SMILES string of the molecule is COC(=O)CC/C=C\CC1=CCC[C@@H]1CNS(=O)(=O)c1ccc(C)cc1. The standard InChI is InChI=1S/C20H27NO4S/c1-16-11-13-19(14-12-16)26(23,24)21-15-18-9-6-8-17(18)7-4-3-5-10-20(22)25-2/h3-4,8,11-14,18,21H,5-7,9-10,15H2,1-2H3/b4-3-/t18-/m1/s1. The second kappa shape index (κ2) is 9.69. The van der Waals surface area contributed by atoms with Crippen LogP contribution in [0.2, 0.25) is 0 Å². The Morgan fingerprint density at radius 3 is 2.69 bits per heavy atom. The average molecular weight is 378 g/mol. The van der Waals surface area contributed by atoms with Gasteiger partial charge in [0, 0.05) is 13.0 Å². The first-order valence-electron chi connectivity index (χ1n) is 8.89. The van der Waals surface area contributed by atoms with Gasteiger partial charge in [-0.3, -0.25) is 4.79 Å². The lowest BCUT2D eigenvalue weighted by molar-refractivity contribution is -0.140. The number of rotatable bonds is 9. The van der Waals surface area contributed by atoms with E-state index in [2.05, 4.69) is 15.5 Å². The minimum absolute atomic E-state index is 0.210. The summed E-state index contributed by atoms with van der Waals surface area (Å²) in [7, 11) is -2.09. The lowest BCUT2D eigenvalue weighted by Crippen LogP contribution is -2.29. The molecule has 1 aromatic carbocycles. The van der Waals surface area contributed by atoms with Gasteiger partial charge in [-0.05, 0) is 50.7 Å². The van der Waals surface area contributed by atoms with Gasteiger partial charge in [0.2, 0.25) is 10.0 Å². The van der Waals surface area contributed by atoms with E-state index >= 15 is 0 Å². The summed E-state index contributed by atoms with van der Waals surface area (Å²) in [6.45, 7) is 2.34. The molecule has 0 aliphatic heterocycles. The number of methoxy groups -OCH3 is 1.